The number of aromatic nitrogens is 2. The summed E-state index contributed by atoms with van der Waals surface area (Å²) >= 11 is 9.25. The summed E-state index contributed by atoms with van der Waals surface area (Å²) < 4.78 is 0.910. The molecule has 2 rings (SSSR count). The summed E-state index contributed by atoms with van der Waals surface area (Å²) in [5, 5.41) is 0.306. The molecule has 0 spiro atoms. The van der Waals surface area contributed by atoms with Crippen molar-refractivity contribution >= 4 is 33.3 Å². The Kier molecular flexibility index (Phi) is 3.16. The summed E-state index contributed by atoms with van der Waals surface area (Å²) in [6.45, 7) is 6.60. The molecule has 1 aliphatic heterocycles. The number of rotatable bonds is 1. The van der Waals surface area contributed by atoms with Crippen molar-refractivity contribution in [1.29, 1.82) is 0 Å². The minimum absolute atomic E-state index is 0.306. The van der Waals surface area contributed by atoms with Gasteiger partial charge in [-0.15, -0.1) is 0 Å². The van der Waals surface area contributed by atoms with Crippen LogP contribution in [-0.2, 0) is 0 Å². The van der Waals surface area contributed by atoms with E-state index in [1.807, 2.05) is 0 Å². The van der Waals surface area contributed by atoms with Crippen molar-refractivity contribution in [1.82, 2.24) is 9.97 Å². The molecule has 82 valence electrons. The summed E-state index contributed by atoms with van der Waals surface area (Å²) in [6.07, 6.45) is 1.71. The Morgan fingerprint density at radius 2 is 2.00 bits per heavy atom. The van der Waals surface area contributed by atoms with E-state index in [4.69, 9.17) is 11.6 Å². The average molecular weight is 291 g/mol. The van der Waals surface area contributed by atoms with Crippen LogP contribution in [0.2, 0.25) is 5.28 Å². The van der Waals surface area contributed by atoms with E-state index < -0.39 is 0 Å². The SMILES string of the molecule is CC1CN(c2nc(Cl)ncc2Br)CC1C. The van der Waals surface area contributed by atoms with Crippen molar-refractivity contribution < 1.29 is 0 Å². The van der Waals surface area contributed by atoms with Gasteiger partial charge in [0.25, 0.3) is 0 Å². The van der Waals surface area contributed by atoms with Crippen LogP contribution in [0.25, 0.3) is 0 Å². The maximum atomic E-state index is 5.80. The molecule has 0 amide bonds. The summed E-state index contributed by atoms with van der Waals surface area (Å²) in [5.41, 5.74) is 0. The molecule has 2 unspecified atom stereocenters. The van der Waals surface area contributed by atoms with Gasteiger partial charge in [-0.05, 0) is 39.4 Å². The maximum Gasteiger partial charge on any atom is 0.224 e. The molecule has 3 nitrogen and oxygen atoms in total. The van der Waals surface area contributed by atoms with Crippen LogP contribution in [0.4, 0.5) is 5.82 Å². The van der Waals surface area contributed by atoms with Crippen LogP contribution in [0.5, 0.6) is 0 Å². The van der Waals surface area contributed by atoms with Gasteiger partial charge in [0.1, 0.15) is 5.82 Å². The lowest BCUT2D eigenvalue weighted by Gasteiger charge is -2.18. The normalized spacial score (nSPS) is 26.0. The number of anilines is 1. The van der Waals surface area contributed by atoms with E-state index in [-0.39, 0.29) is 0 Å². The molecule has 1 fully saturated rings. The van der Waals surface area contributed by atoms with Crippen LogP contribution in [0.1, 0.15) is 13.8 Å². The summed E-state index contributed by atoms with van der Waals surface area (Å²) in [6, 6.07) is 0. The molecule has 1 aromatic rings. The highest BCUT2D eigenvalue weighted by molar-refractivity contribution is 9.10. The van der Waals surface area contributed by atoms with E-state index in [0.29, 0.717) is 17.1 Å². The first-order chi connectivity index (χ1) is 7.08. The Hall–Kier alpha value is -0.350. The first-order valence-electron chi connectivity index (χ1n) is 5.01. The third-order valence-electron chi connectivity index (χ3n) is 2.98. The fourth-order valence-corrected chi connectivity index (χ4v) is 2.43. The predicted molar refractivity (Wildman–Crippen MR) is 65.3 cm³/mol. The Labute approximate surface area is 103 Å². The minimum atomic E-state index is 0.306. The molecular weight excluding hydrogens is 277 g/mol. The lowest BCUT2D eigenvalue weighted by Crippen LogP contribution is -2.21. The second-order valence-electron chi connectivity index (χ2n) is 4.17. The van der Waals surface area contributed by atoms with Gasteiger partial charge in [-0.25, -0.2) is 4.98 Å². The van der Waals surface area contributed by atoms with Crippen LogP contribution in [-0.4, -0.2) is 23.1 Å². The van der Waals surface area contributed by atoms with Crippen LogP contribution < -0.4 is 4.90 Å². The lowest BCUT2D eigenvalue weighted by molar-refractivity contribution is 0.494. The molecule has 15 heavy (non-hydrogen) atoms. The van der Waals surface area contributed by atoms with E-state index in [1.165, 1.54) is 0 Å². The van der Waals surface area contributed by atoms with Gasteiger partial charge < -0.3 is 4.90 Å². The Morgan fingerprint density at radius 1 is 1.40 bits per heavy atom. The monoisotopic (exact) mass is 289 g/mol. The Balaban J connectivity index is 2.27. The van der Waals surface area contributed by atoms with E-state index >= 15 is 0 Å². The highest BCUT2D eigenvalue weighted by atomic mass is 79.9. The van der Waals surface area contributed by atoms with Crippen LogP contribution in [0.3, 0.4) is 0 Å². The number of hydrogen-bond donors (Lipinski definition) is 0. The Bertz CT molecular complexity index is 362. The quantitative estimate of drug-likeness (QED) is 0.745. The zero-order valence-electron chi connectivity index (χ0n) is 8.74. The van der Waals surface area contributed by atoms with Crippen molar-refractivity contribution in [3.63, 3.8) is 0 Å². The van der Waals surface area contributed by atoms with Gasteiger partial charge in [-0.3, -0.25) is 0 Å². The molecule has 2 atom stereocenters. The smallest absolute Gasteiger partial charge is 0.224 e. The fraction of sp³-hybridized carbons (Fsp3) is 0.600. The van der Waals surface area contributed by atoms with Crippen molar-refractivity contribution in [2.75, 3.05) is 18.0 Å². The standard InChI is InChI=1S/C10H13BrClN3/c1-6-4-15(5-7(6)2)9-8(11)3-13-10(12)14-9/h3,6-7H,4-5H2,1-2H3. The van der Waals surface area contributed by atoms with E-state index in [9.17, 15) is 0 Å². The first kappa shape index (κ1) is 11.1. The highest BCUT2D eigenvalue weighted by Gasteiger charge is 2.28. The molecule has 0 aliphatic carbocycles. The van der Waals surface area contributed by atoms with Gasteiger partial charge in [0.05, 0.1) is 4.47 Å². The largest absolute Gasteiger partial charge is 0.355 e. The average Bonchev–Trinajstić information content (AvgIpc) is 2.51. The minimum Gasteiger partial charge on any atom is -0.355 e. The van der Waals surface area contributed by atoms with Crippen LogP contribution >= 0.6 is 27.5 Å². The molecule has 0 N–H and O–H groups in total. The van der Waals surface area contributed by atoms with E-state index in [0.717, 1.165) is 23.4 Å². The van der Waals surface area contributed by atoms with E-state index in [2.05, 4.69) is 44.6 Å². The van der Waals surface area contributed by atoms with Crippen LogP contribution in [0, 0.1) is 11.8 Å². The maximum absolute atomic E-state index is 5.80. The van der Waals surface area contributed by atoms with E-state index in [1.54, 1.807) is 6.20 Å². The van der Waals surface area contributed by atoms with Crippen molar-refractivity contribution in [3.8, 4) is 0 Å². The van der Waals surface area contributed by atoms with Crippen molar-refractivity contribution in [2.24, 2.45) is 11.8 Å². The number of hydrogen-bond acceptors (Lipinski definition) is 3. The number of nitrogens with zero attached hydrogens (tertiary/aromatic N) is 3. The van der Waals surface area contributed by atoms with Crippen LogP contribution in [0.15, 0.2) is 10.7 Å². The molecule has 0 aromatic carbocycles. The zero-order valence-corrected chi connectivity index (χ0v) is 11.1. The van der Waals surface area contributed by atoms with Gasteiger partial charge in [0.2, 0.25) is 5.28 Å². The molecule has 5 heteroatoms. The zero-order chi connectivity index (χ0) is 11.0. The summed E-state index contributed by atoms with van der Waals surface area (Å²) in [7, 11) is 0. The second-order valence-corrected chi connectivity index (χ2v) is 5.36. The third-order valence-corrected chi connectivity index (χ3v) is 3.73. The molecule has 1 aliphatic rings. The Morgan fingerprint density at radius 3 is 2.60 bits per heavy atom. The fourth-order valence-electron chi connectivity index (χ4n) is 1.86. The summed E-state index contributed by atoms with van der Waals surface area (Å²) in [5.74, 6) is 2.31. The molecule has 0 radical (unpaired) electrons. The molecular formula is C10H13BrClN3. The molecule has 0 saturated carbocycles. The molecule has 1 saturated heterocycles. The molecule has 2 heterocycles. The second kappa shape index (κ2) is 4.26. The van der Waals surface area contributed by atoms with Crippen molar-refractivity contribution in [3.05, 3.63) is 16.0 Å². The summed E-state index contributed by atoms with van der Waals surface area (Å²) in [4.78, 5) is 10.4. The predicted octanol–water partition coefficient (Wildman–Crippen LogP) is 2.98. The van der Waals surface area contributed by atoms with Gasteiger partial charge in [-0.1, -0.05) is 13.8 Å². The highest BCUT2D eigenvalue weighted by Crippen LogP contribution is 2.31. The number of halogens is 2. The topological polar surface area (TPSA) is 29.0 Å². The van der Waals surface area contributed by atoms with Gasteiger partial charge in [0, 0.05) is 19.3 Å². The lowest BCUT2D eigenvalue weighted by atomic mass is 10.0. The molecule has 0 bridgehead atoms. The third kappa shape index (κ3) is 2.26. The first-order valence-corrected chi connectivity index (χ1v) is 6.18. The van der Waals surface area contributed by atoms with Gasteiger partial charge >= 0.3 is 0 Å². The van der Waals surface area contributed by atoms with Crippen molar-refractivity contribution in [2.45, 2.75) is 13.8 Å². The van der Waals surface area contributed by atoms with Gasteiger partial charge in [-0.2, -0.15) is 4.98 Å². The van der Waals surface area contributed by atoms with Gasteiger partial charge in [0.15, 0.2) is 0 Å². The molecule has 1 aromatic heterocycles.